The van der Waals surface area contributed by atoms with Crippen LogP contribution in [0.25, 0.3) is 0 Å². The predicted octanol–water partition coefficient (Wildman–Crippen LogP) is 3.48. The van der Waals surface area contributed by atoms with Gasteiger partial charge in [0, 0.05) is 5.02 Å². The summed E-state index contributed by atoms with van der Waals surface area (Å²) in [4.78, 5) is -0.0538. The minimum absolute atomic E-state index is 0.0538. The number of nitrogen functional groups attached to an aromatic ring is 1. The van der Waals surface area contributed by atoms with E-state index in [4.69, 9.17) is 17.3 Å². The van der Waals surface area contributed by atoms with Crippen LogP contribution in [-0.4, -0.2) is 8.42 Å². The molecule has 0 spiro atoms. The fourth-order valence-electron chi connectivity index (χ4n) is 1.94. The highest BCUT2D eigenvalue weighted by Crippen LogP contribution is 2.29. The first-order valence-electron chi connectivity index (χ1n) is 6.06. The van der Waals surface area contributed by atoms with Crippen molar-refractivity contribution >= 4 is 33.0 Å². The average molecular weight is 329 g/mol. The molecule has 0 heterocycles. The molecule has 2 rings (SSSR count). The molecule has 0 atom stereocenters. The van der Waals surface area contributed by atoms with Crippen molar-refractivity contribution in [1.29, 1.82) is 0 Å². The molecule has 21 heavy (non-hydrogen) atoms. The van der Waals surface area contributed by atoms with Gasteiger partial charge in [0.1, 0.15) is 10.7 Å². The minimum atomic E-state index is -4.01. The van der Waals surface area contributed by atoms with E-state index >= 15 is 0 Å². The van der Waals surface area contributed by atoms with Gasteiger partial charge in [-0.25, -0.2) is 12.8 Å². The van der Waals surface area contributed by atoms with E-state index in [1.165, 1.54) is 12.1 Å². The second kappa shape index (κ2) is 5.54. The molecule has 0 saturated heterocycles. The smallest absolute Gasteiger partial charge is 0.264 e. The van der Waals surface area contributed by atoms with E-state index in [1.54, 1.807) is 26.0 Å². The maximum absolute atomic E-state index is 13.7. The fourth-order valence-corrected chi connectivity index (χ4v) is 3.60. The lowest BCUT2D eigenvalue weighted by molar-refractivity contribution is 0.598. The molecule has 0 aliphatic carbocycles. The molecular weight excluding hydrogens is 315 g/mol. The Hall–Kier alpha value is -1.79. The normalized spacial score (nSPS) is 11.4. The summed E-state index contributed by atoms with van der Waals surface area (Å²) < 4.78 is 40.8. The summed E-state index contributed by atoms with van der Waals surface area (Å²) in [6, 6.07) is 7.00. The van der Waals surface area contributed by atoms with Gasteiger partial charge in [0.25, 0.3) is 10.0 Å². The number of nitrogens with one attached hydrogen (secondary N) is 1. The van der Waals surface area contributed by atoms with Crippen molar-refractivity contribution in [3.8, 4) is 0 Å². The van der Waals surface area contributed by atoms with E-state index in [-0.39, 0.29) is 21.3 Å². The third kappa shape index (κ3) is 3.11. The lowest BCUT2D eigenvalue weighted by Gasteiger charge is -2.14. The molecule has 2 aromatic rings. The van der Waals surface area contributed by atoms with Crippen molar-refractivity contribution in [2.75, 3.05) is 10.5 Å². The number of sulfonamides is 1. The highest BCUT2D eigenvalue weighted by molar-refractivity contribution is 7.93. The average Bonchev–Trinajstić information content (AvgIpc) is 2.38. The van der Waals surface area contributed by atoms with E-state index in [0.29, 0.717) is 11.1 Å². The summed E-state index contributed by atoms with van der Waals surface area (Å²) >= 11 is 5.75. The Kier molecular flexibility index (Phi) is 4.11. The number of rotatable bonds is 3. The summed E-state index contributed by atoms with van der Waals surface area (Å²) in [6.07, 6.45) is 0. The second-order valence-electron chi connectivity index (χ2n) is 4.67. The van der Waals surface area contributed by atoms with Crippen molar-refractivity contribution < 1.29 is 12.8 Å². The van der Waals surface area contributed by atoms with Gasteiger partial charge in [0.15, 0.2) is 0 Å². The monoisotopic (exact) mass is 328 g/mol. The van der Waals surface area contributed by atoms with Gasteiger partial charge >= 0.3 is 0 Å². The Morgan fingerprint density at radius 2 is 1.76 bits per heavy atom. The number of hydrogen-bond donors (Lipinski definition) is 2. The molecule has 0 amide bonds. The number of nitrogens with two attached hydrogens (primary N) is 1. The summed E-state index contributed by atoms with van der Waals surface area (Å²) in [5.41, 5.74) is 6.89. The second-order valence-corrected chi connectivity index (χ2v) is 6.73. The van der Waals surface area contributed by atoms with E-state index in [1.807, 2.05) is 0 Å². The van der Waals surface area contributed by atoms with Crippen LogP contribution in [0.1, 0.15) is 11.1 Å². The molecule has 0 aromatic heterocycles. The van der Waals surface area contributed by atoms with Gasteiger partial charge in [-0.1, -0.05) is 23.7 Å². The van der Waals surface area contributed by atoms with Crippen molar-refractivity contribution in [2.45, 2.75) is 18.7 Å². The first-order valence-corrected chi connectivity index (χ1v) is 7.92. The SMILES string of the molecule is Cc1ccc(C)c(S(=O)(=O)Nc2cc(Cl)ccc2F)c1N. The molecule has 0 unspecified atom stereocenters. The standard InChI is InChI=1S/C14H14ClFN2O2S/c1-8-3-4-9(2)14(13(8)17)21(19,20)18-12-7-10(15)5-6-11(12)16/h3-7,18H,17H2,1-2H3. The highest BCUT2D eigenvalue weighted by atomic mass is 35.5. The number of benzene rings is 2. The van der Waals surface area contributed by atoms with Gasteiger partial charge in [-0.15, -0.1) is 0 Å². The molecule has 112 valence electrons. The van der Waals surface area contributed by atoms with Crippen molar-refractivity contribution in [1.82, 2.24) is 0 Å². The molecule has 4 nitrogen and oxygen atoms in total. The molecule has 2 aromatic carbocycles. The Morgan fingerprint density at radius 3 is 2.43 bits per heavy atom. The van der Waals surface area contributed by atoms with Crippen LogP contribution in [0, 0.1) is 19.7 Å². The van der Waals surface area contributed by atoms with Crippen molar-refractivity contribution in [3.05, 3.63) is 52.3 Å². The van der Waals surface area contributed by atoms with E-state index in [0.717, 1.165) is 6.07 Å². The zero-order chi connectivity index (χ0) is 15.8. The van der Waals surface area contributed by atoms with Crippen LogP contribution in [0.3, 0.4) is 0 Å². The topological polar surface area (TPSA) is 72.2 Å². The van der Waals surface area contributed by atoms with E-state index in [2.05, 4.69) is 4.72 Å². The lowest BCUT2D eigenvalue weighted by Crippen LogP contribution is -2.17. The van der Waals surface area contributed by atoms with Crippen LogP contribution in [-0.2, 0) is 10.0 Å². The molecule has 7 heteroatoms. The fraction of sp³-hybridized carbons (Fsp3) is 0.143. The van der Waals surface area contributed by atoms with E-state index in [9.17, 15) is 12.8 Å². The van der Waals surface area contributed by atoms with Crippen LogP contribution in [0.4, 0.5) is 15.8 Å². The molecule has 0 radical (unpaired) electrons. The van der Waals surface area contributed by atoms with Gasteiger partial charge in [-0.2, -0.15) is 0 Å². The molecule has 0 saturated carbocycles. The Balaban J connectivity index is 2.54. The maximum Gasteiger partial charge on any atom is 0.264 e. The molecule has 3 N–H and O–H groups in total. The molecule has 0 fully saturated rings. The Labute approximate surface area is 127 Å². The van der Waals surface area contributed by atoms with Crippen molar-refractivity contribution in [3.63, 3.8) is 0 Å². The molecule has 0 aliphatic rings. The van der Waals surface area contributed by atoms with E-state index < -0.39 is 15.8 Å². The third-order valence-electron chi connectivity index (χ3n) is 3.05. The predicted molar refractivity (Wildman–Crippen MR) is 82.5 cm³/mol. The van der Waals surface area contributed by atoms with Gasteiger partial charge < -0.3 is 5.73 Å². The summed E-state index contributed by atoms with van der Waals surface area (Å²) in [5.74, 6) is -0.716. The van der Waals surface area contributed by atoms with Crippen LogP contribution in [0.5, 0.6) is 0 Å². The lowest BCUT2D eigenvalue weighted by atomic mass is 10.1. The third-order valence-corrected chi connectivity index (χ3v) is 4.86. The van der Waals surface area contributed by atoms with Crippen LogP contribution in [0.15, 0.2) is 35.2 Å². The maximum atomic E-state index is 13.7. The number of halogens is 2. The number of hydrogen-bond acceptors (Lipinski definition) is 3. The molecule has 0 aliphatic heterocycles. The first-order chi connectivity index (χ1) is 9.72. The van der Waals surface area contributed by atoms with Crippen molar-refractivity contribution in [2.24, 2.45) is 0 Å². The summed E-state index contributed by atoms with van der Waals surface area (Å²) in [5, 5.41) is 0.225. The van der Waals surface area contributed by atoms with Gasteiger partial charge in [-0.05, 0) is 43.2 Å². The summed E-state index contributed by atoms with van der Waals surface area (Å²) in [7, 11) is -4.01. The Bertz CT molecular complexity index is 807. The zero-order valence-corrected chi connectivity index (χ0v) is 13.0. The first kappa shape index (κ1) is 15.6. The molecule has 0 bridgehead atoms. The van der Waals surface area contributed by atoms with Gasteiger partial charge in [-0.3, -0.25) is 4.72 Å². The highest BCUT2D eigenvalue weighted by Gasteiger charge is 2.22. The zero-order valence-electron chi connectivity index (χ0n) is 11.4. The van der Waals surface area contributed by atoms with Crippen LogP contribution >= 0.6 is 11.6 Å². The number of anilines is 2. The quantitative estimate of drug-likeness (QED) is 0.847. The molecular formula is C14H14ClFN2O2S. The van der Waals surface area contributed by atoms with Crippen LogP contribution in [0.2, 0.25) is 5.02 Å². The van der Waals surface area contributed by atoms with Crippen LogP contribution < -0.4 is 10.5 Å². The van der Waals surface area contributed by atoms with Gasteiger partial charge in [0.2, 0.25) is 0 Å². The minimum Gasteiger partial charge on any atom is -0.397 e. The summed E-state index contributed by atoms with van der Waals surface area (Å²) in [6.45, 7) is 3.33. The number of aryl methyl sites for hydroxylation is 2. The Morgan fingerprint density at radius 1 is 1.14 bits per heavy atom. The van der Waals surface area contributed by atoms with Gasteiger partial charge in [0.05, 0.1) is 11.4 Å². The largest absolute Gasteiger partial charge is 0.397 e.